The second-order valence-electron chi connectivity index (χ2n) is 10.8. The minimum absolute atomic E-state index is 0.00591. The molecule has 242 valence electrons. The van der Waals surface area contributed by atoms with Crippen molar-refractivity contribution in [2.75, 3.05) is 6.61 Å². The van der Waals surface area contributed by atoms with E-state index in [0.29, 0.717) is 12.0 Å². The van der Waals surface area contributed by atoms with Crippen molar-refractivity contribution < 1.29 is 59.3 Å². The molecule has 1 saturated heterocycles. The first-order valence-corrected chi connectivity index (χ1v) is 14.1. The monoisotopic (exact) mass is 622 g/mol. The zero-order valence-corrected chi connectivity index (χ0v) is 24.5. The van der Waals surface area contributed by atoms with Gasteiger partial charge in [0.05, 0.1) is 17.6 Å². The van der Waals surface area contributed by atoms with Gasteiger partial charge in [-0.2, -0.15) is 0 Å². The number of carboxylic acids is 2. The number of ether oxygens (including phenoxy) is 1. The molecule has 1 amide bonds. The van der Waals surface area contributed by atoms with Crippen molar-refractivity contribution in [2.45, 2.75) is 95.5 Å². The number of aliphatic imine (C=N–C) groups is 1. The van der Waals surface area contributed by atoms with Crippen LogP contribution in [0, 0.1) is 6.92 Å². The van der Waals surface area contributed by atoms with Gasteiger partial charge in [0, 0.05) is 24.6 Å². The molecule has 2 heterocycles. The average Bonchev–Trinajstić information content (AvgIpc) is 2.94. The van der Waals surface area contributed by atoms with Crippen molar-refractivity contribution in [2.24, 2.45) is 4.99 Å². The Labute approximate surface area is 251 Å². The van der Waals surface area contributed by atoms with Gasteiger partial charge in [0.1, 0.15) is 59.7 Å². The third-order valence-electron chi connectivity index (χ3n) is 7.38. The van der Waals surface area contributed by atoms with Crippen LogP contribution in [0.5, 0.6) is 5.75 Å². The summed E-state index contributed by atoms with van der Waals surface area (Å²) in [6.07, 6.45) is -8.22. The molecule has 44 heavy (non-hydrogen) atoms. The molecule has 0 spiro atoms. The number of nitrogens with one attached hydrogen (secondary N) is 1. The van der Waals surface area contributed by atoms with Gasteiger partial charge in [-0.25, -0.2) is 4.79 Å². The summed E-state index contributed by atoms with van der Waals surface area (Å²) in [6.45, 7) is 4.06. The van der Waals surface area contributed by atoms with E-state index in [0.717, 1.165) is 6.07 Å². The molecule has 1 fully saturated rings. The predicted molar refractivity (Wildman–Crippen MR) is 154 cm³/mol. The SMILES string of the molecule is CCCC(NC(=O)C(CCC(=O)O)N=C(C)Cc1cc(=O)c2c(C)cc(O)c(C3OC(CO)C(O)C(O)C3O)c2o1)C(=O)O. The van der Waals surface area contributed by atoms with E-state index in [1.165, 1.54) is 19.9 Å². The van der Waals surface area contributed by atoms with Crippen molar-refractivity contribution in [3.63, 3.8) is 0 Å². The van der Waals surface area contributed by atoms with E-state index in [4.69, 9.17) is 14.3 Å². The largest absolute Gasteiger partial charge is 0.507 e. The number of aryl methyl sites for hydroxylation is 1. The second-order valence-corrected chi connectivity index (χ2v) is 10.8. The molecule has 3 rings (SSSR count). The number of fused-ring (bicyclic) bond motifs is 1. The van der Waals surface area contributed by atoms with E-state index in [2.05, 4.69) is 10.3 Å². The molecule has 1 aromatic heterocycles. The number of phenolic OH excluding ortho intramolecular Hbond substituents is 1. The highest BCUT2D eigenvalue weighted by atomic mass is 16.5. The van der Waals surface area contributed by atoms with Crippen molar-refractivity contribution >= 4 is 34.5 Å². The zero-order chi connectivity index (χ0) is 32.9. The summed E-state index contributed by atoms with van der Waals surface area (Å²) in [5.74, 6) is -3.65. The Bertz CT molecular complexity index is 1470. The molecule has 0 saturated carbocycles. The maximum absolute atomic E-state index is 13.2. The van der Waals surface area contributed by atoms with Crippen LogP contribution in [0.1, 0.15) is 62.5 Å². The molecule has 0 aliphatic carbocycles. The number of carboxylic acid groups (broad SMARTS) is 2. The van der Waals surface area contributed by atoms with Crippen LogP contribution in [0.15, 0.2) is 26.3 Å². The third kappa shape index (κ3) is 7.78. The maximum Gasteiger partial charge on any atom is 0.326 e. The molecule has 15 heteroatoms. The highest BCUT2D eigenvalue weighted by Crippen LogP contribution is 2.41. The van der Waals surface area contributed by atoms with Crippen LogP contribution in [0.4, 0.5) is 0 Å². The number of hydrogen-bond donors (Lipinski definition) is 8. The molecule has 1 aliphatic rings. The van der Waals surface area contributed by atoms with E-state index >= 15 is 0 Å². The van der Waals surface area contributed by atoms with Crippen molar-refractivity contribution in [3.8, 4) is 5.75 Å². The number of aromatic hydroxyl groups is 1. The highest BCUT2D eigenvalue weighted by molar-refractivity contribution is 5.92. The first kappa shape index (κ1) is 34.6. The first-order valence-electron chi connectivity index (χ1n) is 14.1. The van der Waals surface area contributed by atoms with E-state index in [1.54, 1.807) is 6.92 Å². The number of hydrogen-bond acceptors (Lipinski definition) is 12. The topological polar surface area (TPSA) is 257 Å². The quantitative estimate of drug-likeness (QED) is 0.136. The standard InChI is InChI=1S/C29H38N2O13/c1-4-5-16(29(41)42)31-28(40)15(6-7-20(35)36)30-13(3)9-14-10-18(34)21-12(2)8-17(33)22(26(21)43-14)27-25(39)24(38)23(37)19(11-32)44-27/h8,10,15-16,19,23-25,27,32-33,37-39H,4-7,9,11H2,1-3H3,(H,31,40)(H,35,36)(H,41,42). The molecule has 8 N–H and O–H groups in total. The van der Waals surface area contributed by atoms with Gasteiger partial charge < -0.3 is 50.2 Å². The van der Waals surface area contributed by atoms with Gasteiger partial charge in [0.25, 0.3) is 0 Å². The van der Waals surface area contributed by atoms with Crippen LogP contribution in [0.25, 0.3) is 11.0 Å². The summed E-state index contributed by atoms with van der Waals surface area (Å²) in [7, 11) is 0. The Morgan fingerprint density at radius 1 is 1.07 bits per heavy atom. The number of benzene rings is 1. The number of amides is 1. The van der Waals surface area contributed by atoms with Crippen LogP contribution in [-0.4, -0.2) is 102 Å². The van der Waals surface area contributed by atoms with Gasteiger partial charge in [-0.05, 0) is 38.3 Å². The minimum Gasteiger partial charge on any atom is -0.507 e. The minimum atomic E-state index is -1.78. The van der Waals surface area contributed by atoms with Gasteiger partial charge >= 0.3 is 11.9 Å². The molecule has 2 aromatic rings. The molecule has 7 unspecified atom stereocenters. The summed E-state index contributed by atoms with van der Waals surface area (Å²) in [6, 6.07) is -0.0356. The smallest absolute Gasteiger partial charge is 0.326 e. The van der Waals surface area contributed by atoms with E-state index in [9.17, 15) is 49.8 Å². The Morgan fingerprint density at radius 3 is 2.34 bits per heavy atom. The highest BCUT2D eigenvalue weighted by Gasteiger charge is 2.46. The molecular weight excluding hydrogens is 584 g/mol. The van der Waals surface area contributed by atoms with Crippen molar-refractivity contribution in [1.29, 1.82) is 0 Å². The molecular formula is C29H38N2O13. The van der Waals surface area contributed by atoms with E-state index < -0.39 is 84.7 Å². The Kier molecular flexibility index (Phi) is 11.6. The molecule has 15 nitrogen and oxygen atoms in total. The van der Waals surface area contributed by atoms with Gasteiger partial charge in [0.2, 0.25) is 5.91 Å². The van der Waals surface area contributed by atoms with Crippen LogP contribution in [-0.2, 0) is 25.5 Å². The molecule has 0 radical (unpaired) electrons. The molecule has 7 atom stereocenters. The number of nitrogens with zero attached hydrogens (tertiary/aromatic N) is 1. The van der Waals surface area contributed by atoms with Crippen molar-refractivity contribution in [3.05, 3.63) is 39.2 Å². The number of aliphatic carboxylic acids is 2. The maximum atomic E-state index is 13.2. The predicted octanol–water partition coefficient (Wildman–Crippen LogP) is -0.0718. The molecule has 0 bridgehead atoms. The lowest BCUT2D eigenvalue weighted by Crippen LogP contribution is -2.55. The number of rotatable bonds is 13. The summed E-state index contributed by atoms with van der Waals surface area (Å²) in [5.41, 5.74) is -0.383. The summed E-state index contributed by atoms with van der Waals surface area (Å²) in [4.78, 5) is 53.2. The van der Waals surface area contributed by atoms with Gasteiger partial charge in [-0.3, -0.25) is 19.4 Å². The molecule has 1 aliphatic heterocycles. The fraction of sp³-hybridized carbons (Fsp3) is 0.552. The Hall–Kier alpha value is -3.89. The first-order chi connectivity index (χ1) is 20.7. The van der Waals surface area contributed by atoms with Crippen LogP contribution in [0.3, 0.4) is 0 Å². The third-order valence-corrected chi connectivity index (χ3v) is 7.38. The number of aliphatic hydroxyl groups is 4. The molecule has 1 aromatic carbocycles. The summed E-state index contributed by atoms with van der Waals surface area (Å²) >= 11 is 0. The van der Waals surface area contributed by atoms with Gasteiger partial charge in [0.15, 0.2) is 5.43 Å². The average molecular weight is 623 g/mol. The van der Waals surface area contributed by atoms with Crippen LogP contribution >= 0.6 is 0 Å². The fourth-order valence-corrected chi connectivity index (χ4v) is 5.17. The lowest BCUT2D eigenvalue weighted by Gasteiger charge is -2.40. The zero-order valence-electron chi connectivity index (χ0n) is 24.5. The van der Waals surface area contributed by atoms with Gasteiger partial charge in [-0.1, -0.05) is 13.3 Å². The van der Waals surface area contributed by atoms with E-state index in [1.807, 2.05) is 0 Å². The van der Waals surface area contributed by atoms with Crippen LogP contribution < -0.4 is 10.7 Å². The summed E-state index contributed by atoms with van der Waals surface area (Å²) in [5, 5.41) is 72.6. The lowest BCUT2D eigenvalue weighted by molar-refractivity contribution is -0.231. The normalized spacial score (nSPS) is 23.7. The second kappa shape index (κ2) is 14.7. The van der Waals surface area contributed by atoms with Crippen molar-refractivity contribution in [1.82, 2.24) is 5.32 Å². The fourth-order valence-electron chi connectivity index (χ4n) is 5.17. The van der Waals surface area contributed by atoms with Gasteiger partial charge in [-0.15, -0.1) is 0 Å². The Morgan fingerprint density at radius 2 is 1.75 bits per heavy atom. The van der Waals surface area contributed by atoms with E-state index in [-0.39, 0.29) is 47.3 Å². The Balaban J connectivity index is 2.03. The number of phenols is 1. The number of carbonyl (C=O) groups is 3. The number of carbonyl (C=O) groups excluding carboxylic acids is 1. The van der Waals surface area contributed by atoms with Crippen LogP contribution in [0.2, 0.25) is 0 Å². The number of aliphatic hydroxyl groups excluding tert-OH is 4. The summed E-state index contributed by atoms with van der Waals surface area (Å²) < 4.78 is 11.6. The lowest BCUT2D eigenvalue weighted by atomic mass is 9.89.